The molecule has 1 aromatic heterocycles. The van der Waals surface area contributed by atoms with Crippen LogP contribution < -0.4 is 14.5 Å². The van der Waals surface area contributed by atoms with Crippen LogP contribution in [0, 0.1) is 19.4 Å². The van der Waals surface area contributed by atoms with E-state index >= 15 is 0 Å². The Morgan fingerprint density at radius 2 is 1.86 bits per heavy atom. The maximum atomic E-state index is 13.7. The number of likely N-dealkylation sites (tertiary alicyclic amines) is 1. The smallest absolute Gasteiger partial charge is 0.272 e. The van der Waals surface area contributed by atoms with Crippen LogP contribution in [0.1, 0.15) is 51.5 Å². The van der Waals surface area contributed by atoms with E-state index in [4.69, 9.17) is 23.5 Å². The zero-order valence-electron chi connectivity index (χ0n) is 21.4. The third-order valence-electron chi connectivity index (χ3n) is 7.64. The molecule has 1 spiro atoms. The van der Waals surface area contributed by atoms with E-state index in [-0.39, 0.29) is 23.8 Å². The summed E-state index contributed by atoms with van der Waals surface area (Å²) in [5.74, 6) is 1.27. The van der Waals surface area contributed by atoms with E-state index in [1.807, 2.05) is 54.8 Å². The molecule has 1 aromatic carbocycles. The Morgan fingerprint density at radius 3 is 2.41 bits per heavy atom. The van der Waals surface area contributed by atoms with Gasteiger partial charge in [-0.15, -0.1) is 4.98 Å². The molecule has 0 radical (unpaired) electrons. The molecule has 0 unspecified atom stereocenters. The van der Waals surface area contributed by atoms with Gasteiger partial charge in [-0.05, 0) is 74.3 Å². The predicted octanol–water partition coefficient (Wildman–Crippen LogP) is 5.03. The average molecular weight is 518 g/mol. The van der Waals surface area contributed by atoms with Crippen LogP contribution in [0.2, 0.25) is 0 Å². The van der Waals surface area contributed by atoms with E-state index in [1.54, 1.807) is 17.2 Å². The number of anilines is 2. The zero-order chi connectivity index (χ0) is 26.3. The summed E-state index contributed by atoms with van der Waals surface area (Å²) in [6, 6.07) is 9.58. The number of aryl methyl sites for hydroxylation is 1. The summed E-state index contributed by atoms with van der Waals surface area (Å²) in [7, 11) is 0. The minimum atomic E-state index is -0.679. The molecule has 3 fully saturated rings. The minimum absolute atomic E-state index is 0.0156. The van der Waals surface area contributed by atoms with Gasteiger partial charge in [0.2, 0.25) is 5.91 Å². The van der Waals surface area contributed by atoms with Crippen molar-refractivity contribution in [1.29, 1.82) is 0 Å². The summed E-state index contributed by atoms with van der Waals surface area (Å²) >= 11 is 5.85. The van der Waals surface area contributed by atoms with Gasteiger partial charge in [-0.2, -0.15) is 0 Å². The number of hydrogen-bond donors (Lipinski definition) is 0. The standard InChI is InChI=1S/C28H31N5O3S/c1-18(2)25(34)31-14-10-23(11-15-31)36-22-8-6-20(7-9-22)33-27(37)32(26(35)28(33)12-5-13-28)21-16-19(3)24(29-4)30-17-21/h6-9,16-18,23H,5,10-15H2,1-3H3. The summed E-state index contributed by atoms with van der Waals surface area (Å²) < 4.78 is 6.23. The number of benzene rings is 1. The average Bonchev–Trinajstić information content (AvgIpc) is 3.11. The van der Waals surface area contributed by atoms with Gasteiger partial charge >= 0.3 is 0 Å². The van der Waals surface area contributed by atoms with Crippen LogP contribution in [0.4, 0.5) is 17.2 Å². The fraction of sp³-hybridized carbons (Fsp3) is 0.464. The van der Waals surface area contributed by atoms with Crippen molar-refractivity contribution in [2.24, 2.45) is 5.92 Å². The van der Waals surface area contributed by atoms with Crippen LogP contribution in [0.5, 0.6) is 5.75 Å². The van der Waals surface area contributed by atoms with Crippen molar-refractivity contribution in [2.75, 3.05) is 22.9 Å². The first-order chi connectivity index (χ1) is 17.7. The largest absolute Gasteiger partial charge is 0.490 e. The summed E-state index contributed by atoms with van der Waals surface area (Å²) in [5.41, 5.74) is 1.48. The maximum absolute atomic E-state index is 13.7. The molecule has 0 bridgehead atoms. The number of amides is 2. The molecule has 9 heteroatoms. The number of rotatable bonds is 5. The minimum Gasteiger partial charge on any atom is -0.490 e. The van der Waals surface area contributed by atoms with Crippen LogP contribution >= 0.6 is 12.2 Å². The molecule has 3 aliphatic rings. The molecule has 192 valence electrons. The molecular weight excluding hydrogens is 486 g/mol. The Bertz CT molecular complexity index is 1270. The van der Waals surface area contributed by atoms with Gasteiger partial charge in [0.05, 0.1) is 5.69 Å². The van der Waals surface area contributed by atoms with Gasteiger partial charge in [-0.1, -0.05) is 20.4 Å². The number of piperidine rings is 1. The van der Waals surface area contributed by atoms with Crippen LogP contribution in [-0.2, 0) is 9.59 Å². The Kier molecular flexibility index (Phi) is 6.63. The van der Waals surface area contributed by atoms with Crippen molar-refractivity contribution in [3.05, 3.63) is 53.5 Å². The number of ether oxygens (including phenoxy) is 1. The van der Waals surface area contributed by atoms with Crippen molar-refractivity contribution in [3.63, 3.8) is 0 Å². The van der Waals surface area contributed by atoms with Gasteiger partial charge in [0.1, 0.15) is 23.6 Å². The van der Waals surface area contributed by atoms with Crippen molar-refractivity contribution in [2.45, 2.75) is 64.5 Å². The number of aromatic nitrogens is 1. The van der Waals surface area contributed by atoms with E-state index in [0.717, 1.165) is 43.5 Å². The second-order valence-corrected chi connectivity index (χ2v) is 10.7. The van der Waals surface area contributed by atoms with Crippen molar-refractivity contribution < 1.29 is 14.3 Å². The number of carbonyl (C=O) groups excluding carboxylic acids is 2. The molecule has 3 heterocycles. The summed E-state index contributed by atoms with van der Waals surface area (Å²) in [6.07, 6.45) is 5.68. The Labute approximate surface area is 223 Å². The quantitative estimate of drug-likeness (QED) is 0.409. The molecule has 2 saturated heterocycles. The van der Waals surface area contributed by atoms with E-state index in [2.05, 4.69) is 9.83 Å². The molecule has 2 amide bonds. The maximum Gasteiger partial charge on any atom is 0.272 e. The van der Waals surface area contributed by atoms with E-state index < -0.39 is 5.54 Å². The van der Waals surface area contributed by atoms with Gasteiger partial charge in [0.25, 0.3) is 11.7 Å². The van der Waals surface area contributed by atoms with Crippen molar-refractivity contribution >= 4 is 46.3 Å². The molecule has 2 aliphatic heterocycles. The molecule has 37 heavy (non-hydrogen) atoms. The number of hydrogen-bond acceptors (Lipinski definition) is 5. The normalized spacial score (nSPS) is 19.4. The van der Waals surface area contributed by atoms with E-state index in [0.29, 0.717) is 35.3 Å². The number of pyridine rings is 1. The summed E-state index contributed by atoms with van der Waals surface area (Å²) in [4.78, 5) is 39.0. The SMILES string of the molecule is [C-]#[N+]c1ncc(N2C(=O)C3(CCC3)N(c3ccc(OC4CCN(C(=O)C(C)C)CC4)cc3)C2=S)cc1C. The molecule has 1 aliphatic carbocycles. The first-order valence-corrected chi connectivity index (χ1v) is 13.2. The lowest BCUT2D eigenvalue weighted by Crippen LogP contribution is -2.55. The van der Waals surface area contributed by atoms with Crippen LogP contribution in [0.15, 0.2) is 36.5 Å². The topological polar surface area (TPSA) is 70.3 Å². The summed E-state index contributed by atoms with van der Waals surface area (Å²) in [6.45, 7) is 14.4. The first kappa shape index (κ1) is 25.2. The Balaban J connectivity index is 1.32. The highest BCUT2D eigenvalue weighted by Crippen LogP contribution is 2.48. The lowest BCUT2D eigenvalue weighted by molar-refractivity contribution is -0.136. The highest BCUT2D eigenvalue weighted by Gasteiger charge is 2.59. The third kappa shape index (κ3) is 4.33. The zero-order valence-corrected chi connectivity index (χ0v) is 22.3. The van der Waals surface area contributed by atoms with Crippen LogP contribution in [-0.4, -0.2) is 51.5 Å². The van der Waals surface area contributed by atoms with Gasteiger partial charge in [0.15, 0.2) is 5.11 Å². The number of nitrogens with zero attached hydrogens (tertiary/aromatic N) is 5. The van der Waals surface area contributed by atoms with E-state index in [9.17, 15) is 9.59 Å². The van der Waals surface area contributed by atoms with Crippen molar-refractivity contribution in [3.8, 4) is 5.75 Å². The Hall–Kier alpha value is -3.51. The Morgan fingerprint density at radius 1 is 1.19 bits per heavy atom. The molecule has 0 N–H and O–H groups in total. The number of carbonyl (C=O) groups is 2. The predicted molar refractivity (Wildman–Crippen MR) is 146 cm³/mol. The molecule has 5 rings (SSSR count). The fourth-order valence-electron chi connectivity index (χ4n) is 5.43. The van der Waals surface area contributed by atoms with Gasteiger partial charge in [-0.3, -0.25) is 14.5 Å². The van der Waals surface area contributed by atoms with Gasteiger partial charge in [0, 0.05) is 37.5 Å². The first-order valence-electron chi connectivity index (χ1n) is 12.8. The van der Waals surface area contributed by atoms with Crippen LogP contribution in [0.3, 0.4) is 0 Å². The molecule has 2 aromatic rings. The van der Waals surface area contributed by atoms with Crippen molar-refractivity contribution in [1.82, 2.24) is 9.88 Å². The summed E-state index contributed by atoms with van der Waals surface area (Å²) in [5, 5.41) is 0.428. The molecular formula is C28H31N5O3S. The second kappa shape index (κ2) is 9.75. The van der Waals surface area contributed by atoms with Gasteiger partial charge in [-0.25, -0.2) is 0 Å². The second-order valence-electron chi connectivity index (χ2n) is 10.4. The molecule has 0 atom stereocenters. The fourth-order valence-corrected chi connectivity index (χ4v) is 5.89. The highest BCUT2D eigenvalue weighted by atomic mass is 32.1. The van der Waals surface area contributed by atoms with Gasteiger partial charge < -0.3 is 19.4 Å². The lowest BCUT2D eigenvalue weighted by Gasteiger charge is -2.43. The highest BCUT2D eigenvalue weighted by molar-refractivity contribution is 7.81. The molecule has 8 nitrogen and oxygen atoms in total. The third-order valence-corrected chi connectivity index (χ3v) is 8.00. The van der Waals surface area contributed by atoms with Crippen LogP contribution in [0.25, 0.3) is 4.85 Å². The van der Waals surface area contributed by atoms with E-state index in [1.165, 1.54) is 0 Å². The molecule has 1 saturated carbocycles. The number of thiocarbonyl (C=S) groups is 1. The lowest BCUT2D eigenvalue weighted by atomic mass is 9.75. The monoisotopic (exact) mass is 517 g/mol.